The Bertz CT molecular complexity index is 809. The predicted octanol–water partition coefficient (Wildman–Crippen LogP) is 3.29. The van der Waals surface area contributed by atoms with E-state index < -0.39 is 17.6 Å². The molecule has 1 amide bonds. The molecule has 2 rings (SSSR count). The zero-order chi connectivity index (χ0) is 19.2. The number of hydrogen-bond acceptors (Lipinski definition) is 2. The first-order valence-corrected chi connectivity index (χ1v) is 7.79. The van der Waals surface area contributed by atoms with Crippen LogP contribution in [0.15, 0.2) is 53.5 Å². The SMILES string of the molecule is CN=C(NCc1cccc(C(N)=O)c1)NCc1cccc(C(F)(F)F)c1.I. The van der Waals surface area contributed by atoms with E-state index in [0.29, 0.717) is 23.6 Å². The van der Waals surface area contributed by atoms with E-state index in [1.807, 2.05) is 6.07 Å². The Labute approximate surface area is 172 Å². The van der Waals surface area contributed by atoms with Crippen molar-refractivity contribution in [2.75, 3.05) is 7.05 Å². The number of primary amides is 1. The number of nitrogens with one attached hydrogen (secondary N) is 2. The van der Waals surface area contributed by atoms with Crippen LogP contribution in [0.25, 0.3) is 0 Å². The third-order valence-corrected chi connectivity index (χ3v) is 3.61. The molecule has 0 aliphatic rings. The first-order chi connectivity index (χ1) is 12.3. The van der Waals surface area contributed by atoms with Gasteiger partial charge in [0.05, 0.1) is 5.56 Å². The van der Waals surface area contributed by atoms with Crippen molar-refractivity contribution in [2.45, 2.75) is 19.3 Å². The van der Waals surface area contributed by atoms with E-state index in [9.17, 15) is 18.0 Å². The Hall–Kier alpha value is -2.30. The fourth-order valence-corrected chi connectivity index (χ4v) is 2.28. The zero-order valence-corrected chi connectivity index (χ0v) is 16.8. The summed E-state index contributed by atoms with van der Waals surface area (Å²) in [6.45, 7) is 0.564. The normalized spacial score (nSPS) is 11.5. The predicted molar refractivity (Wildman–Crippen MR) is 109 cm³/mol. The fraction of sp³-hybridized carbons (Fsp3) is 0.222. The summed E-state index contributed by atoms with van der Waals surface area (Å²) in [7, 11) is 1.56. The van der Waals surface area contributed by atoms with Crippen molar-refractivity contribution in [3.05, 3.63) is 70.8 Å². The minimum atomic E-state index is -4.37. The molecule has 0 aliphatic carbocycles. The standard InChI is InChI=1S/C18H19F3N4O.HI/c1-23-17(24-10-12-4-2-6-14(8-12)16(22)26)25-11-13-5-3-7-15(9-13)18(19,20)21;/h2-9H,10-11H2,1H3,(H2,22,26)(H2,23,24,25);1H. The molecule has 2 aromatic rings. The number of nitrogens with zero attached hydrogens (tertiary/aromatic N) is 1. The van der Waals surface area contributed by atoms with Gasteiger partial charge in [0, 0.05) is 25.7 Å². The second-order valence-electron chi connectivity index (χ2n) is 5.54. The molecule has 0 bridgehead atoms. The molecule has 0 saturated heterocycles. The molecule has 5 nitrogen and oxygen atoms in total. The first-order valence-electron chi connectivity index (χ1n) is 7.79. The van der Waals surface area contributed by atoms with Crippen molar-refractivity contribution in [3.8, 4) is 0 Å². The fourth-order valence-electron chi connectivity index (χ4n) is 2.28. The number of rotatable bonds is 5. The van der Waals surface area contributed by atoms with Crippen LogP contribution in [-0.4, -0.2) is 18.9 Å². The Morgan fingerprint density at radius 2 is 1.59 bits per heavy atom. The third-order valence-electron chi connectivity index (χ3n) is 3.61. The van der Waals surface area contributed by atoms with Gasteiger partial charge in [0.2, 0.25) is 5.91 Å². The van der Waals surface area contributed by atoms with E-state index in [2.05, 4.69) is 15.6 Å². The highest BCUT2D eigenvalue weighted by atomic mass is 127. The van der Waals surface area contributed by atoms with Gasteiger partial charge in [-0.1, -0.05) is 24.3 Å². The molecule has 146 valence electrons. The molecule has 0 spiro atoms. The average molecular weight is 492 g/mol. The second-order valence-corrected chi connectivity index (χ2v) is 5.54. The van der Waals surface area contributed by atoms with E-state index in [1.165, 1.54) is 6.07 Å². The number of nitrogens with two attached hydrogens (primary N) is 1. The van der Waals surface area contributed by atoms with Gasteiger partial charge in [0.1, 0.15) is 0 Å². The van der Waals surface area contributed by atoms with Crippen LogP contribution in [0.1, 0.15) is 27.0 Å². The number of carbonyl (C=O) groups is 1. The van der Waals surface area contributed by atoms with E-state index in [4.69, 9.17) is 5.73 Å². The smallest absolute Gasteiger partial charge is 0.366 e. The summed E-state index contributed by atoms with van der Waals surface area (Å²) >= 11 is 0. The van der Waals surface area contributed by atoms with Crippen LogP contribution >= 0.6 is 24.0 Å². The first kappa shape index (κ1) is 22.7. The molecule has 0 aromatic heterocycles. The highest BCUT2D eigenvalue weighted by molar-refractivity contribution is 14.0. The molecular formula is C18H20F3IN4O. The van der Waals surface area contributed by atoms with Crippen molar-refractivity contribution in [1.82, 2.24) is 10.6 Å². The molecule has 0 unspecified atom stereocenters. The summed E-state index contributed by atoms with van der Waals surface area (Å²) in [5, 5.41) is 5.98. The van der Waals surface area contributed by atoms with E-state index in [-0.39, 0.29) is 30.5 Å². The number of halogens is 4. The molecule has 2 aromatic carbocycles. The summed E-state index contributed by atoms with van der Waals surface area (Å²) in [6, 6.07) is 11.9. The lowest BCUT2D eigenvalue weighted by Gasteiger charge is -2.13. The zero-order valence-electron chi connectivity index (χ0n) is 14.5. The van der Waals surface area contributed by atoms with Gasteiger partial charge >= 0.3 is 6.18 Å². The van der Waals surface area contributed by atoms with Crippen molar-refractivity contribution >= 4 is 35.8 Å². The number of carbonyl (C=O) groups excluding carboxylic acids is 1. The number of guanidine groups is 1. The number of amides is 1. The lowest BCUT2D eigenvalue weighted by Crippen LogP contribution is -2.36. The van der Waals surface area contributed by atoms with E-state index in [0.717, 1.165) is 17.7 Å². The molecule has 0 fully saturated rings. The maximum atomic E-state index is 12.7. The van der Waals surface area contributed by atoms with E-state index >= 15 is 0 Å². The molecule has 27 heavy (non-hydrogen) atoms. The quantitative estimate of drug-likeness (QED) is 0.341. The molecule has 0 saturated carbocycles. The van der Waals surface area contributed by atoms with Gasteiger partial charge in [-0.2, -0.15) is 13.2 Å². The van der Waals surface area contributed by atoms with Crippen molar-refractivity contribution in [3.63, 3.8) is 0 Å². The lowest BCUT2D eigenvalue weighted by atomic mass is 10.1. The number of alkyl halides is 3. The Balaban J connectivity index is 0.00000364. The molecule has 0 atom stereocenters. The van der Waals surface area contributed by atoms with E-state index in [1.54, 1.807) is 31.3 Å². The van der Waals surface area contributed by atoms with Gasteiger partial charge in [-0.25, -0.2) is 0 Å². The maximum absolute atomic E-state index is 12.7. The Morgan fingerprint density at radius 1 is 1.04 bits per heavy atom. The summed E-state index contributed by atoms with van der Waals surface area (Å²) in [5.74, 6) is -0.0919. The Morgan fingerprint density at radius 3 is 2.11 bits per heavy atom. The van der Waals surface area contributed by atoms with Gasteiger partial charge < -0.3 is 16.4 Å². The van der Waals surface area contributed by atoms with Crippen LogP contribution in [0.3, 0.4) is 0 Å². The highest BCUT2D eigenvalue weighted by Crippen LogP contribution is 2.29. The molecule has 4 N–H and O–H groups in total. The van der Waals surface area contributed by atoms with Crippen LogP contribution in [0.2, 0.25) is 0 Å². The monoisotopic (exact) mass is 492 g/mol. The number of hydrogen-bond donors (Lipinski definition) is 3. The van der Waals surface area contributed by atoms with Gasteiger partial charge in [-0.15, -0.1) is 24.0 Å². The second kappa shape index (κ2) is 10.1. The van der Waals surface area contributed by atoms with Crippen molar-refractivity contribution in [1.29, 1.82) is 0 Å². The number of benzene rings is 2. The van der Waals surface area contributed by atoms with Gasteiger partial charge in [-0.05, 0) is 35.4 Å². The summed E-state index contributed by atoms with van der Waals surface area (Å²) in [6.07, 6.45) is -4.37. The van der Waals surface area contributed by atoms with Gasteiger partial charge in [-0.3, -0.25) is 9.79 Å². The minimum absolute atomic E-state index is 0. The number of aliphatic imine (C=N–C) groups is 1. The Kier molecular flexibility index (Phi) is 8.54. The molecule has 0 aliphatic heterocycles. The van der Waals surface area contributed by atoms with Crippen molar-refractivity contribution in [2.24, 2.45) is 10.7 Å². The van der Waals surface area contributed by atoms with Gasteiger partial charge in [0.15, 0.2) is 5.96 Å². The van der Waals surface area contributed by atoms with Crippen LogP contribution in [0, 0.1) is 0 Å². The maximum Gasteiger partial charge on any atom is 0.416 e. The average Bonchev–Trinajstić information content (AvgIpc) is 2.61. The summed E-state index contributed by atoms with van der Waals surface area (Å²) < 4.78 is 38.2. The highest BCUT2D eigenvalue weighted by Gasteiger charge is 2.30. The molecule has 9 heteroatoms. The molecule has 0 radical (unpaired) electrons. The van der Waals surface area contributed by atoms with Crippen LogP contribution < -0.4 is 16.4 Å². The van der Waals surface area contributed by atoms with Crippen LogP contribution in [0.5, 0.6) is 0 Å². The minimum Gasteiger partial charge on any atom is -0.366 e. The summed E-state index contributed by atoms with van der Waals surface area (Å²) in [5.41, 5.74) is 6.26. The molecule has 0 heterocycles. The molecular weight excluding hydrogens is 472 g/mol. The topological polar surface area (TPSA) is 79.5 Å². The van der Waals surface area contributed by atoms with Gasteiger partial charge in [0.25, 0.3) is 0 Å². The van der Waals surface area contributed by atoms with Crippen LogP contribution in [0.4, 0.5) is 13.2 Å². The van der Waals surface area contributed by atoms with Crippen molar-refractivity contribution < 1.29 is 18.0 Å². The largest absolute Gasteiger partial charge is 0.416 e. The van der Waals surface area contributed by atoms with Crippen LogP contribution in [-0.2, 0) is 19.3 Å². The lowest BCUT2D eigenvalue weighted by molar-refractivity contribution is -0.137. The third kappa shape index (κ3) is 7.08. The summed E-state index contributed by atoms with van der Waals surface area (Å²) in [4.78, 5) is 15.2.